The Bertz CT molecular complexity index is 1450. The Kier molecular flexibility index (Phi) is 6.68. The molecule has 0 atom stereocenters. The molecule has 0 saturated carbocycles. The average molecular weight is 541 g/mol. The van der Waals surface area contributed by atoms with Crippen molar-refractivity contribution in [3.05, 3.63) is 46.1 Å². The normalized spacial score (nSPS) is 16.6. The number of esters is 1. The number of nitriles is 1. The summed E-state index contributed by atoms with van der Waals surface area (Å²) < 4.78 is 37.6. The largest absolute Gasteiger partial charge is 0.462 e. The van der Waals surface area contributed by atoms with E-state index in [9.17, 15) is 24.4 Å². The van der Waals surface area contributed by atoms with Gasteiger partial charge in [-0.1, -0.05) is 0 Å². The third-order valence-corrected chi connectivity index (χ3v) is 6.87. The molecule has 13 heteroatoms. The molecule has 0 aliphatic carbocycles. The van der Waals surface area contributed by atoms with Crippen molar-refractivity contribution in [2.45, 2.75) is 20.8 Å². The van der Waals surface area contributed by atoms with Crippen LogP contribution < -0.4 is 19.6 Å². The standard InChI is InChI=1S/C26H26F2N6O5/c1-8-34-24(36)13(11-29)10-14(25(34)37)22-30(4)18-16(27)20-21(17(28)19(18)31(22)5)33(7)23(32(20)6)15(12(3)35)26(38)39-9-2/h10H,8-9H2,1-7H3. The van der Waals surface area contributed by atoms with Crippen LogP contribution in [0.25, 0.3) is 0 Å². The Morgan fingerprint density at radius 2 is 1.38 bits per heavy atom. The molecule has 1 aromatic carbocycles. The summed E-state index contributed by atoms with van der Waals surface area (Å²) in [6.07, 6.45) is 1.12. The number of ether oxygens (including phenoxy) is 1. The van der Waals surface area contributed by atoms with Crippen LogP contribution in [0.5, 0.6) is 0 Å². The number of carbonyl (C=O) groups is 4. The van der Waals surface area contributed by atoms with Crippen molar-refractivity contribution >= 4 is 46.3 Å². The number of fused-ring (bicyclic) bond motifs is 2. The molecule has 3 aliphatic rings. The highest BCUT2D eigenvalue weighted by Gasteiger charge is 2.46. The monoisotopic (exact) mass is 540 g/mol. The average Bonchev–Trinajstić information content (AvgIpc) is 3.29. The maximum absolute atomic E-state index is 16.3. The van der Waals surface area contributed by atoms with Gasteiger partial charge in [0.15, 0.2) is 17.4 Å². The number of Topliss-reactive ketones (excluding diaryl/α,β-unsaturated/α-hetero) is 1. The Balaban J connectivity index is 1.98. The zero-order chi connectivity index (χ0) is 29.1. The molecule has 11 nitrogen and oxygen atoms in total. The molecule has 0 fully saturated rings. The summed E-state index contributed by atoms with van der Waals surface area (Å²) in [5.41, 5.74) is -1.62. The number of hydrogen-bond donors (Lipinski definition) is 0. The van der Waals surface area contributed by atoms with E-state index in [2.05, 4.69) is 0 Å². The molecule has 4 rings (SSSR count). The quantitative estimate of drug-likeness (QED) is 0.185. The molecule has 0 bridgehead atoms. The maximum Gasteiger partial charge on any atom is 0.345 e. The first-order valence-electron chi connectivity index (χ1n) is 12.0. The SMILES string of the molecule is CCOC(=O)C(C(C)=O)=C1N(C)c2c(F)c3c(c(F)c2N1C)N(C)C(=C1C=C(C#N)C(=O)N(CC)C1=O)N3C. The van der Waals surface area contributed by atoms with Crippen molar-refractivity contribution in [2.75, 3.05) is 60.9 Å². The molecule has 3 aliphatic heterocycles. The summed E-state index contributed by atoms with van der Waals surface area (Å²) in [6, 6.07) is 1.77. The lowest BCUT2D eigenvalue weighted by Gasteiger charge is -2.28. The molecule has 3 heterocycles. The van der Waals surface area contributed by atoms with E-state index in [0.29, 0.717) is 0 Å². The summed E-state index contributed by atoms with van der Waals surface area (Å²) in [6.45, 7) is 4.29. The highest BCUT2D eigenvalue weighted by Crippen LogP contribution is 2.55. The van der Waals surface area contributed by atoms with Gasteiger partial charge in [0, 0.05) is 34.7 Å². The minimum atomic E-state index is -0.924. The lowest BCUT2D eigenvalue weighted by molar-refractivity contribution is -0.141. The van der Waals surface area contributed by atoms with Crippen molar-refractivity contribution in [3.63, 3.8) is 0 Å². The summed E-state index contributed by atoms with van der Waals surface area (Å²) in [5.74, 6) is -4.78. The van der Waals surface area contributed by atoms with Gasteiger partial charge in [-0.05, 0) is 26.8 Å². The number of anilines is 4. The van der Waals surface area contributed by atoms with E-state index in [1.165, 1.54) is 47.8 Å². The molecular formula is C26H26F2N6O5. The number of likely N-dealkylation sites (N-methyl/N-ethyl adjacent to an activating group) is 1. The number of ketones is 1. The summed E-state index contributed by atoms with van der Waals surface area (Å²) >= 11 is 0. The van der Waals surface area contributed by atoms with Gasteiger partial charge in [-0.15, -0.1) is 0 Å². The van der Waals surface area contributed by atoms with E-state index in [0.717, 1.165) is 17.9 Å². The molecule has 2 amide bonds. The number of amides is 2. The molecule has 39 heavy (non-hydrogen) atoms. The predicted molar refractivity (Wildman–Crippen MR) is 137 cm³/mol. The van der Waals surface area contributed by atoms with Crippen LogP contribution >= 0.6 is 0 Å². The molecule has 0 unspecified atom stereocenters. The Labute approximate surface area is 223 Å². The van der Waals surface area contributed by atoms with E-state index < -0.39 is 35.2 Å². The van der Waals surface area contributed by atoms with Gasteiger partial charge in [0.05, 0.1) is 12.2 Å². The van der Waals surface area contributed by atoms with E-state index in [1.54, 1.807) is 19.9 Å². The molecule has 0 aromatic heterocycles. The first kappa shape index (κ1) is 27.3. The zero-order valence-electron chi connectivity index (χ0n) is 22.5. The number of benzene rings is 1. The maximum atomic E-state index is 16.3. The second-order valence-electron chi connectivity index (χ2n) is 9.00. The molecular weight excluding hydrogens is 514 g/mol. The zero-order valence-corrected chi connectivity index (χ0v) is 22.5. The minimum absolute atomic E-state index is 0.00490. The van der Waals surface area contributed by atoms with E-state index in [1.807, 2.05) is 0 Å². The number of nitrogens with zero attached hydrogens (tertiary/aromatic N) is 6. The van der Waals surface area contributed by atoms with Crippen LogP contribution in [0.2, 0.25) is 0 Å². The third kappa shape index (κ3) is 3.66. The van der Waals surface area contributed by atoms with Gasteiger partial charge in [0.2, 0.25) is 0 Å². The van der Waals surface area contributed by atoms with Gasteiger partial charge in [0.25, 0.3) is 11.8 Å². The third-order valence-electron chi connectivity index (χ3n) is 6.87. The molecule has 0 saturated heterocycles. The van der Waals surface area contributed by atoms with Crippen molar-refractivity contribution in [1.29, 1.82) is 5.26 Å². The van der Waals surface area contributed by atoms with Crippen LogP contribution in [0.4, 0.5) is 31.5 Å². The van der Waals surface area contributed by atoms with Crippen molar-refractivity contribution in [2.24, 2.45) is 0 Å². The number of carbonyl (C=O) groups excluding carboxylic acids is 4. The first-order chi connectivity index (χ1) is 18.3. The Hall–Kier alpha value is -4.73. The fraction of sp³-hybridized carbons (Fsp3) is 0.346. The molecule has 0 N–H and O–H groups in total. The molecule has 204 valence electrons. The van der Waals surface area contributed by atoms with Crippen molar-refractivity contribution in [3.8, 4) is 6.07 Å². The Morgan fingerprint density at radius 3 is 1.79 bits per heavy atom. The van der Waals surface area contributed by atoms with Crippen LogP contribution in [-0.2, 0) is 23.9 Å². The predicted octanol–water partition coefficient (Wildman–Crippen LogP) is 2.15. The number of rotatable bonds is 4. The van der Waals surface area contributed by atoms with Crippen molar-refractivity contribution < 1.29 is 32.7 Å². The van der Waals surface area contributed by atoms with E-state index in [4.69, 9.17) is 4.74 Å². The van der Waals surface area contributed by atoms with Gasteiger partial charge in [-0.3, -0.25) is 19.3 Å². The van der Waals surface area contributed by atoms with Crippen molar-refractivity contribution in [1.82, 2.24) is 4.90 Å². The summed E-state index contributed by atoms with van der Waals surface area (Å²) in [4.78, 5) is 56.5. The second kappa shape index (κ2) is 9.54. The second-order valence-corrected chi connectivity index (χ2v) is 9.00. The summed E-state index contributed by atoms with van der Waals surface area (Å²) in [7, 11) is 5.64. The smallest absolute Gasteiger partial charge is 0.345 e. The van der Waals surface area contributed by atoms with Crippen LogP contribution in [0.15, 0.2) is 34.4 Å². The lowest BCUT2D eigenvalue weighted by Crippen LogP contribution is -2.43. The highest BCUT2D eigenvalue weighted by atomic mass is 19.1. The van der Waals surface area contributed by atoms with Crippen LogP contribution in [0, 0.1) is 23.0 Å². The van der Waals surface area contributed by atoms with Gasteiger partial charge in [-0.2, -0.15) is 5.26 Å². The van der Waals surface area contributed by atoms with Gasteiger partial charge in [0.1, 0.15) is 51.6 Å². The van der Waals surface area contributed by atoms with Gasteiger partial charge >= 0.3 is 5.97 Å². The fourth-order valence-electron chi connectivity index (χ4n) is 5.21. The van der Waals surface area contributed by atoms with Gasteiger partial charge in [-0.25, -0.2) is 13.6 Å². The lowest BCUT2D eigenvalue weighted by atomic mass is 10.0. The molecule has 1 aromatic rings. The number of hydrogen-bond acceptors (Lipinski definition) is 10. The molecule has 0 spiro atoms. The number of halogens is 2. The Morgan fingerprint density at radius 1 is 0.897 bits per heavy atom. The van der Waals surface area contributed by atoms with Crippen LogP contribution in [0.1, 0.15) is 20.8 Å². The summed E-state index contributed by atoms with van der Waals surface area (Å²) in [5, 5.41) is 9.45. The van der Waals surface area contributed by atoms with E-state index >= 15 is 8.78 Å². The molecule has 0 radical (unpaired) electrons. The minimum Gasteiger partial charge on any atom is -0.462 e. The highest BCUT2D eigenvalue weighted by molar-refractivity contribution is 6.19. The van der Waals surface area contributed by atoms with Crippen LogP contribution in [0.3, 0.4) is 0 Å². The fourth-order valence-corrected chi connectivity index (χ4v) is 5.21. The van der Waals surface area contributed by atoms with Crippen LogP contribution in [-0.4, -0.2) is 69.8 Å². The van der Waals surface area contributed by atoms with E-state index in [-0.39, 0.29) is 64.3 Å². The van der Waals surface area contributed by atoms with Gasteiger partial charge < -0.3 is 24.3 Å². The first-order valence-corrected chi connectivity index (χ1v) is 12.0. The topological polar surface area (TPSA) is 118 Å². The number of imide groups is 1.